The predicted octanol–water partition coefficient (Wildman–Crippen LogP) is 3.25. The molecule has 1 atom stereocenters. The number of Topliss-reactive ketones (excluding diaryl/α,β-unsaturated/α-hetero) is 1. The summed E-state index contributed by atoms with van der Waals surface area (Å²) in [6.45, 7) is 1.51. The highest BCUT2D eigenvalue weighted by atomic mass is 19.1. The Kier molecular flexibility index (Phi) is 4.02. The number of pyridine rings is 1. The topological polar surface area (TPSA) is 73.1 Å². The number of aromatic nitrogens is 1. The Morgan fingerprint density at radius 2 is 1.90 bits per heavy atom. The van der Waals surface area contributed by atoms with Gasteiger partial charge in [-0.05, 0) is 23.8 Å². The summed E-state index contributed by atoms with van der Waals surface area (Å²) in [6, 6.07) is 4.24. The first-order valence-electron chi connectivity index (χ1n) is 5.99. The number of hydrogen-bond acceptors (Lipinski definition) is 4. The number of rotatable bonds is 4. The fraction of sp³-hybridized carbons (Fsp3) is 0.143. The average Bonchev–Trinajstić information content (AvgIpc) is 2.48. The van der Waals surface area contributed by atoms with Gasteiger partial charge in [0.2, 0.25) is 5.82 Å². The first-order valence-corrected chi connectivity index (χ1v) is 5.99. The van der Waals surface area contributed by atoms with Crippen LogP contribution in [0.3, 0.4) is 0 Å². The highest BCUT2D eigenvalue weighted by Gasteiger charge is 2.27. The second kappa shape index (κ2) is 5.74. The number of carbonyl (C=O) groups excluding carboxylic acids is 1. The van der Waals surface area contributed by atoms with Crippen LogP contribution >= 0.6 is 0 Å². The smallest absolute Gasteiger partial charge is 0.293 e. The first kappa shape index (κ1) is 14.7. The van der Waals surface area contributed by atoms with Crippen LogP contribution in [0.15, 0.2) is 36.7 Å². The van der Waals surface area contributed by atoms with Gasteiger partial charge in [0.15, 0.2) is 5.78 Å². The van der Waals surface area contributed by atoms with Crippen molar-refractivity contribution in [2.75, 3.05) is 0 Å². The molecule has 0 aliphatic rings. The van der Waals surface area contributed by atoms with Gasteiger partial charge in [-0.2, -0.15) is 4.39 Å². The Labute approximate surface area is 118 Å². The van der Waals surface area contributed by atoms with Crippen molar-refractivity contribution in [1.82, 2.24) is 4.98 Å². The summed E-state index contributed by atoms with van der Waals surface area (Å²) in [7, 11) is 0. The third kappa shape index (κ3) is 2.91. The molecule has 5 nitrogen and oxygen atoms in total. The summed E-state index contributed by atoms with van der Waals surface area (Å²) in [5.41, 5.74) is -1.13. The van der Waals surface area contributed by atoms with Crippen molar-refractivity contribution in [1.29, 1.82) is 0 Å². The number of ketones is 1. The zero-order valence-electron chi connectivity index (χ0n) is 10.9. The lowest BCUT2D eigenvalue weighted by Gasteiger charge is -2.11. The molecular weight excluding hydrogens is 282 g/mol. The van der Waals surface area contributed by atoms with Crippen LogP contribution in [0.1, 0.15) is 28.8 Å². The minimum atomic E-state index is -1.33. The summed E-state index contributed by atoms with van der Waals surface area (Å²) < 4.78 is 27.3. The molecule has 7 heteroatoms. The molecule has 0 aliphatic carbocycles. The third-order valence-electron chi connectivity index (χ3n) is 3.08. The first-order chi connectivity index (χ1) is 9.91. The fourth-order valence-electron chi connectivity index (χ4n) is 1.92. The van der Waals surface area contributed by atoms with Gasteiger partial charge in [-0.25, -0.2) is 4.39 Å². The van der Waals surface area contributed by atoms with Crippen LogP contribution in [0.5, 0.6) is 0 Å². The van der Waals surface area contributed by atoms with Gasteiger partial charge in [-0.1, -0.05) is 6.92 Å². The Morgan fingerprint density at radius 1 is 1.29 bits per heavy atom. The molecule has 1 heterocycles. The SMILES string of the molecule is CC(C(=O)c1cc(F)cc([N+](=O)[O-])c1F)c1ccncc1. The van der Waals surface area contributed by atoms with Crippen molar-refractivity contribution in [2.24, 2.45) is 0 Å². The van der Waals surface area contributed by atoms with E-state index in [4.69, 9.17) is 0 Å². The predicted molar refractivity (Wildman–Crippen MR) is 70.0 cm³/mol. The summed E-state index contributed by atoms with van der Waals surface area (Å²) >= 11 is 0. The molecule has 0 fully saturated rings. The zero-order valence-corrected chi connectivity index (χ0v) is 10.9. The number of halogens is 2. The van der Waals surface area contributed by atoms with Gasteiger partial charge in [0.05, 0.1) is 16.6 Å². The number of hydrogen-bond donors (Lipinski definition) is 0. The molecule has 0 spiro atoms. The Hall–Kier alpha value is -2.70. The summed E-state index contributed by atoms with van der Waals surface area (Å²) in [5, 5.41) is 10.7. The van der Waals surface area contributed by atoms with Crippen molar-refractivity contribution >= 4 is 11.5 Å². The number of nitro benzene ring substituents is 1. The maximum atomic E-state index is 14.0. The molecule has 0 amide bonds. The van der Waals surface area contributed by atoms with Crippen LogP contribution in [0.25, 0.3) is 0 Å². The number of nitro groups is 1. The molecule has 2 rings (SSSR count). The molecule has 108 valence electrons. The van der Waals surface area contributed by atoms with Gasteiger partial charge in [-0.3, -0.25) is 19.9 Å². The molecule has 0 saturated carbocycles. The molecule has 0 aliphatic heterocycles. The van der Waals surface area contributed by atoms with Gasteiger partial charge in [0.25, 0.3) is 0 Å². The summed E-state index contributed by atoms with van der Waals surface area (Å²) in [5.74, 6) is -3.87. The molecular formula is C14H10F2N2O3. The van der Waals surface area contributed by atoms with E-state index in [1.54, 1.807) is 12.1 Å². The fourth-order valence-corrected chi connectivity index (χ4v) is 1.92. The molecule has 0 radical (unpaired) electrons. The Balaban J connectivity index is 2.47. The second-order valence-corrected chi connectivity index (χ2v) is 4.41. The standard InChI is InChI=1S/C14H10F2N2O3/c1-8(9-2-4-17-5-3-9)14(19)11-6-10(15)7-12(13(11)16)18(20)21/h2-8H,1H3. The second-order valence-electron chi connectivity index (χ2n) is 4.41. The third-order valence-corrected chi connectivity index (χ3v) is 3.08. The van der Waals surface area contributed by atoms with Crippen molar-refractivity contribution < 1.29 is 18.5 Å². The van der Waals surface area contributed by atoms with E-state index >= 15 is 0 Å². The summed E-state index contributed by atoms with van der Waals surface area (Å²) in [6.07, 6.45) is 2.92. The monoisotopic (exact) mass is 292 g/mol. The molecule has 1 aromatic carbocycles. The molecule has 0 saturated heterocycles. The van der Waals surface area contributed by atoms with Crippen LogP contribution in [0.2, 0.25) is 0 Å². The highest BCUT2D eigenvalue weighted by Crippen LogP contribution is 2.27. The van der Waals surface area contributed by atoms with Gasteiger partial charge in [-0.15, -0.1) is 0 Å². The van der Waals surface area contributed by atoms with Crippen LogP contribution < -0.4 is 0 Å². The Bertz CT molecular complexity index is 705. The molecule has 1 unspecified atom stereocenters. The minimum absolute atomic E-state index is 0.448. The molecule has 2 aromatic rings. The van der Waals surface area contributed by atoms with E-state index in [1.165, 1.54) is 19.3 Å². The van der Waals surface area contributed by atoms with E-state index in [1.807, 2.05) is 0 Å². The van der Waals surface area contributed by atoms with E-state index < -0.39 is 39.5 Å². The molecule has 1 aromatic heterocycles. The van der Waals surface area contributed by atoms with E-state index in [9.17, 15) is 23.7 Å². The van der Waals surface area contributed by atoms with E-state index in [-0.39, 0.29) is 0 Å². The van der Waals surface area contributed by atoms with Gasteiger partial charge in [0.1, 0.15) is 5.82 Å². The van der Waals surface area contributed by atoms with Crippen LogP contribution in [0.4, 0.5) is 14.5 Å². The zero-order chi connectivity index (χ0) is 15.6. The quantitative estimate of drug-likeness (QED) is 0.492. The van der Waals surface area contributed by atoms with Crippen molar-refractivity contribution in [3.05, 3.63) is 69.5 Å². The number of nitrogens with zero attached hydrogens (tertiary/aromatic N) is 2. The lowest BCUT2D eigenvalue weighted by Crippen LogP contribution is -2.13. The minimum Gasteiger partial charge on any atom is -0.293 e. The van der Waals surface area contributed by atoms with E-state index in [2.05, 4.69) is 4.98 Å². The largest absolute Gasteiger partial charge is 0.308 e. The lowest BCUT2D eigenvalue weighted by molar-refractivity contribution is -0.387. The maximum Gasteiger partial charge on any atom is 0.308 e. The summed E-state index contributed by atoms with van der Waals surface area (Å²) in [4.78, 5) is 25.6. The van der Waals surface area contributed by atoms with Gasteiger partial charge in [0, 0.05) is 18.3 Å². The molecule has 21 heavy (non-hydrogen) atoms. The molecule has 0 N–H and O–H groups in total. The average molecular weight is 292 g/mol. The number of benzene rings is 1. The molecule has 0 bridgehead atoms. The van der Waals surface area contributed by atoms with Crippen molar-refractivity contribution in [2.45, 2.75) is 12.8 Å². The van der Waals surface area contributed by atoms with Crippen LogP contribution in [0, 0.1) is 21.7 Å². The lowest BCUT2D eigenvalue weighted by atomic mass is 9.92. The maximum absolute atomic E-state index is 14.0. The number of carbonyl (C=O) groups is 1. The van der Waals surface area contributed by atoms with E-state index in [0.717, 1.165) is 0 Å². The Morgan fingerprint density at radius 3 is 2.48 bits per heavy atom. The van der Waals surface area contributed by atoms with Crippen molar-refractivity contribution in [3.63, 3.8) is 0 Å². The van der Waals surface area contributed by atoms with Crippen LogP contribution in [-0.2, 0) is 0 Å². The van der Waals surface area contributed by atoms with Crippen LogP contribution in [-0.4, -0.2) is 15.7 Å². The van der Waals surface area contributed by atoms with Gasteiger partial charge >= 0.3 is 5.69 Å². The van der Waals surface area contributed by atoms with Gasteiger partial charge < -0.3 is 0 Å². The highest BCUT2D eigenvalue weighted by molar-refractivity contribution is 6.01. The van der Waals surface area contributed by atoms with Crippen molar-refractivity contribution in [3.8, 4) is 0 Å². The normalized spacial score (nSPS) is 12.0. The van der Waals surface area contributed by atoms with E-state index in [0.29, 0.717) is 17.7 Å².